The molecule has 1 aliphatic rings. The first-order valence-corrected chi connectivity index (χ1v) is 5.84. The molecule has 0 unspecified atom stereocenters. The minimum atomic E-state index is 0. The van der Waals surface area contributed by atoms with Crippen molar-refractivity contribution in [3.05, 3.63) is 35.4 Å². The molecular formula is C13H19ClN2O. The zero-order chi connectivity index (χ0) is 11.4. The molecule has 17 heavy (non-hydrogen) atoms. The van der Waals surface area contributed by atoms with Crippen molar-refractivity contribution in [1.29, 1.82) is 0 Å². The van der Waals surface area contributed by atoms with Gasteiger partial charge in [-0.25, -0.2) is 0 Å². The molecule has 0 bridgehead atoms. The van der Waals surface area contributed by atoms with E-state index in [1.54, 1.807) is 0 Å². The van der Waals surface area contributed by atoms with Crippen LogP contribution in [0.15, 0.2) is 24.3 Å². The van der Waals surface area contributed by atoms with E-state index >= 15 is 0 Å². The van der Waals surface area contributed by atoms with Crippen molar-refractivity contribution in [2.24, 2.45) is 0 Å². The third-order valence-electron chi connectivity index (χ3n) is 3.06. The van der Waals surface area contributed by atoms with Crippen LogP contribution in [-0.2, 0) is 0 Å². The number of halogens is 1. The molecule has 1 heterocycles. The number of benzene rings is 1. The van der Waals surface area contributed by atoms with E-state index in [9.17, 15) is 4.79 Å². The number of amides is 1. The van der Waals surface area contributed by atoms with E-state index in [2.05, 4.69) is 10.6 Å². The normalized spacial score (nSPS) is 16.1. The molecule has 4 heteroatoms. The zero-order valence-electron chi connectivity index (χ0n) is 10.0. The lowest BCUT2D eigenvalue weighted by molar-refractivity contribution is 0.0929. The predicted octanol–water partition coefficient (Wildman–Crippen LogP) is 1.90. The van der Waals surface area contributed by atoms with Crippen LogP contribution in [0.5, 0.6) is 0 Å². The topological polar surface area (TPSA) is 41.1 Å². The summed E-state index contributed by atoms with van der Waals surface area (Å²) in [6, 6.07) is 8.04. The molecule has 0 atom stereocenters. The molecule has 1 amide bonds. The molecule has 0 spiro atoms. The Bertz CT molecular complexity index is 375. The van der Waals surface area contributed by atoms with Gasteiger partial charge in [-0.2, -0.15) is 0 Å². The minimum Gasteiger partial charge on any atom is -0.349 e. The van der Waals surface area contributed by atoms with Crippen LogP contribution in [0.4, 0.5) is 0 Å². The van der Waals surface area contributed by atoms with Gasteiger partial charge in [0.2, 0.25) is 0 Å². The summed E-state index contributed by atoms with van der Waals surface area (Å²) in [7, 11) is 0. The highest BCUT2D eigenvalue weighted by Gasteiger charge is 2.16. The Hall–Kier alpha value is -1.06. The zero-order valence-corrected chi connectivity index (χ0v) is 10.8. The standard InChI is InChI=1S/C13H18N2O.ClH/c1-10-4-2-3-5-12(10)13(16)15-11-6-8-14-9-7-11;/h2-5,11,14H,6-9H2,1H3,(H,15,16);1H. The Kier molecular flexibility index (Phi) is 5.45. The van der Waals surface area contributed by atoms with Gasteiger partial charge in [0.25, 0.3) is 5.91 Å². The smallest absolute Gasteiger partial charge is 0.251 e. The summed E-state index contributed by atoms with van der Waals surface area (Å²) in [5, 5.41) is 6.38. The number of nitrogens with one attached hydrogen (secondary N) is 2. The Balaban J connectivity index is 0.00000144. The molecule has 1 fully saturated rings. The first kappa shape index (κ1) is 14.0. The van der Waals surface area contributed by atoms with E-state index in [1.807, 2.05) is 31.2 Å². The number of aryl methyl sites for hydroxylation is 1. The van der Waals surface area contributed by atoms with E-state index in [0.717, 1.165) is 37.1 Å². The second kappa shape index (κ2) is 6.62. The van der Waals surface area contributed by atoms with Gasteiger partial charge in [-0.1, -0.05) is 18.2 Å². The van der Waals surface area contributed by atoms with Crippen molar-refractivity contribution in [3.63, 3.8) is 0 Å². The van der Waals surface area contributed by atoms with Crippen molar-refractivity contribution in [1.82, 2.24) is 10.6 Å². The summed E-state index contributed by atoms with van der Waals surface area (Å²) in [6.07, 6.45) is 2.05. The molecular weight excluding hydrogens is 236 g/mol. The maximum Gasteiger partial charge on any atom is 0.251 e. The Labute approximate surface area is 108 Å². The monoisotopic (exact) mass is 254 g/mol. The molecule has 94 valence electrons. The highest BCUT2D eigenvalue weighted by Crippen LogP contribution is 2.09. The van der Waals surface area contributed by atoms with Crippen molar-refractivity contribution in [2.45, 2.75) is 25.8 Å². The van der Waals surface area contributed by atoms with E-state index < -0.39 is 0 Å². The van der Waals surface area contributed by atoms with Gasteiger partial charge in [-0.15, -0.1) is 12.4 Å². The fraction of sp³-hybridized carbons (Fsp3) is 0.462. The van der Waals surface area contributed by atoms with Crippen LogP contribution in [0.3, 0.4) is 0 Å². The van der Waals surface area contributed by atoms with E-state index in [-0.39, 0.29) is 18.3 Å². The number of hydrogen-bond donors (Lipinski definition) is 2. The minimum absolute atomic E-state index is 0. The molecule has 0 radical (unpaired) electrons. The molecule has 2 N–H and O–H groups in total. The summed E-state index contributed by atoms with van der Waals surface area (Å²) in [4.78, 5) is 12.0. The summed E-state index contributed by atoms with van der Waals surface area (Å²) in [5.41, 5.74) is 1.83. The molecule has 0 aliphatic carbocycles. The second-order valence-electron chi connectivity index (χ2n) is 4.31. The SMILES string of the molecule is Cc1ccccc1C(=O)NC1CCNCC1.Cl. The van der Waals surface area contributed by atoms with E-state index in [1.165, 1.54) is 0 Å². The first-order valence-electron chi connectivity index (χ1n) is 5.84. The fourth-order valence-corrected chi connectivity index (χ4v) is 2.06. The summed E-state index contributed by atoms with van der Waals surface area (Å²) in [5.74, 6) is 0.0602. The highest BCUT2D eigenvalue weighted by atomic mass is 35.5. The van der Waals surface area contributed by atoms with Gasteiger partial charge in [-0.05, 0) is 44.5 Å². The van der Waals surface area contributed by atoms with Crippen LogP contribution in [-0.4, -0.2) is 25.0 Å². The Morgan fingerprint density at radius 1 is 1.29 bits per heavy atom. The summed E-state index contributed by atoms with van der Waals surface area (Å²) >= 11 is 0. The maximum absolute atomic E-state index is 12.0. The predicted molar refractivity (Wildman–Crippen MR) is 71.8 cm³/mol. The molecule has 3 nitrogen and oxygen atoms in total. The molecule has 2 rings (SSSR count). The number of carbonyl (C=O) groups is 1. The summed E-state index contributed by atoms with van der Waals surface area (Å²) in [6.45, 7) is 3.97. The third-order valence-corrected chi connectivity index (χ3v) is 3.06. The molecule has 1 aliphatic heterocycles. The van der Waals surface area contributed by atoms with Gasteiger partial charge in [0.15, 0.2) is 0 Å². The lowest BCUT2D eigenvalue weighted by Gasteiger charge is -2.23. The lowest BCUT2D eigenvalue weighted by atomic mass is 10.0. The maximum atomic E-state index is 12.0. The summed E-state index contributed by atoms with van der Waals surface area (Å²) < 4.78 is 0. The van der Waals surface area contributed by atoms with Crippen LogP contribution in [0.25, 0.3) is 0 Å². The molecule has 1 saturated heterocycles. The van der Waals surface area contributed by atoms with E-state index in [0.29, 0.717) is 6.04 Å². The number of rotatable bonds is 2. The lowest BCUT2D eigenvalue weighted by Crippen LogP contribution is -2.42. The van der Waals surface area contributed by atoms with Crippen LogP contribution >= 0.6 is 12.4 Å². The number of hydrogen-bond acceptors (Lipinski definition) is 2. The van der Waals surface area contributed by atoms with Crippen LogP contribution in [0, 0.1) is 6.92 Å². The van der Waals surface area contributed by atoms with Crippen LogP contribution in [0.1, 0.15) is 28.8 Å². The largest absolute Gasteiger partial charge is 0.349 e. The number of carbonyl (C=O) groups excluding carboxylic acids is 1. The highest BCUT2D eigenvalue weighted by molar-refractivity contribution is 5.95. The molecule has 0 saturated carbocycles. The van der Waals surface area contributed by atoms with Gasteiger partial charge in [0.1, 0.15) is 0 Å². The fourth-order valence-electron chi connectivity index (χ4n) is 2.06. The van der Waals surface area contributed by atoms with Gasteiger partial charge in [-0.3, -0.25) is 4.79 Å². The van der Waals surface area contributed by atoms with Crippen molar-refractivity contribution < 1.29 is 4.79 Å². The van der Waals surface area contributed by atoms with Gasteiger partial charge >= 0.3 is 0 Å². The Morgan fingerprint density at radius 2 is 1.94 bits per heavy atom. The van der Waals surface area contributed by atoms with Gasteiger partial charge in [0, 0.05) is 11.6 Å². The quantitative estimate of drug-likeness (QED) is 0.847. The van der Waals surface area contributed by atoms with Crippen molar-refractivity contribution in [2.75, 3.05) is 13.1 Å². The second-order valence-corrected chi connectivity index (χ2v) is 4.31. The average molecular weight is 255 g/mol. The number of piperidine rings is 1. The van der Waals surface area contributed by atoms with Gasteiger partial charge < -0.3 is 10.6 Å². The molecule has 0 aromatic heterocycles. The van der Waals surface area contributed by atoms with Gasteiger partial charge in [0.05, 0.1) is 0 Å². The first-order chi connectivity index (χ1) is 7.77. The van der Waals surface area contributed by atoms with Crippen LogP contribution in [0.2, 0.25) is 0 Å². The average Bonchev–Trinajstić information content (AvgIpc) is 2.31. The third kappa shape index (κ3) is 3.72. The molecule has 1 aromatic rings. The van der Waals surface area contributed by atoms with Crippen molar-refractivity contribution >= 4 is 18.3 Å². The van der Waals surface area contributed by atoms with E-state index in [4.69, 9.17) is 0 Å². The van der Waals surface area contributed by atoms with Crippen LogP contribution < -0.4 is 10.6 Å². The molecule has 1 aromatic carbocycles. The van der Waals surface area contributed by atoms with Crippen molar-refractivity contribution in [3.8, 4) is 0 Å². The Morgan fingerprint density at radius 3 is 2.59 bits per heavy atom.